The van der Waals surface area contributed by atoms with Crippen molar-refractivity contribution in [1.29, 1.82) is 0 Å². The van der Waals surface area contributed by atoms with Gasteiger partial charge in [0, 0.05) is 24.2 Å². The van der Waals surface area contributed by atoms with E-state index in [1.165, 1.54) is 11.8 Å². The standard InChI is InChI=1S/C24H21NO2/c1-16(26)25-22(19-10-6-3-7-11-19)24-14-12-18(13-15-24)20(21(24)23(25)27)17-8-4-2-5-9-17/h2-15,18,20-22H,1H3/t18?,20-,21-,22+,24?/m1/s1. The summed E-state index contributed by atoms with van der Waals surface area (Å²) in [6, 6.07) is 19.9. The average molecular weight is 355 g/mol. The molecule has 6 rings (SSSR count). The molecule has 1 fully saturated rings. The molecular weight excluding hydrogens is 334 g/mol. The number of hydrogen-bond donors (Lipinski definition) is 0. The minimum atomic E-state index is -0.487. The second kappa shape index (κ2) is 5.78. The summed E-state index contributed by atoms with van der Waals surface area (Å²) in [5.41, 5.74) is 1.68. The largest absolute Gasteiger partial charge is 0.275 e. The lowest BCUT2D eigenvalue weighted by atomic mass is 9.55. The van der Waals surface area contributed by atoms with Crippen molar-refractivity contribution in [3.05, 3.63) is 96.1 Å². The minimum absolute atomic E-state index is 0.0519. The Hall–Kier alpha value is -2.94. The Balaban J connectivity index is 1.73. The fourth-order valence-corrected chi connectivity index (χ4v) is 5.38. The van der Waals surface area contributed by atoms with Gasteiger partial charge in [-0.15, -0.1) is 0 Å². The Morgan fingerprint density at radius 3 is 2.00 bits per heavy atom. The first-order valence-corrected chi connectivity index (χ1v) is 9.46. The summed E-state index contributed by atoms with van der Waals surface area (Å²) in [6.07, 6.45) is 8.81. The number of amides is 2. The monoisotopic (exact) mass is 355 g/mol. The molecule has 1 spiro atoms. The lowest BCUT2D eigenvalue weighted by Gasteiger charge is -2.46. The summed E-state index contributed by atoms with van der Waals surface area (Å²) < 4.78 is 0. The topological polar surface area (TPSA) is 37.4 Å². The summed E-state index contributed by atoms with van der Waals surface area (Å²) in [4.78, 5) is 27.6. The summed E-state index contributed by atoms with van der Waals surface area (Å²) in [5, 5.41) is 0. The highest BCUT2D eigenvalue weighted by Crippen LogP contribution is 2.64. The first-order chi connectivity index (χ1) is 13.1. The highest BCUT2D eigenvalue weighted by Gasteiger charge is 2.64. The van der Waals surface area contributed by atoms with Crippen LogP contribution in [0.5, 0.6) is 0 Å². The number of allylic oxidation sites excluding steroid dienone is 2. The quantitative estimate of drug-likeness (QED) is 0.755. The molecule has 0 radical (unpaired) electrons. The zero-order valence-corrected chi connectivity index (χ0v) is 15.2. The van der Waals surface area contributed by atoms with Gasteiger partial charge in [0.05, 0.1) is 12.0 Å². The Labute approximate surface area is 159 Å². The number of likely N-dealkylation sites (tertiary alicyclic amines) is 1. The number of hydrogen-bond acceptors (Lipinski definition) is 2. The smallest absolute Gasteiger partial charge is 0.234 e. The number of benzene rings is 2. The molecule has 0 saturated carbocycles. The van der Waals surface area contributed by atoms with Crippen LogP contribution in [-0.4, -0.2) is 16.7 Å². The highest BCUT2D eigenvalue weighted by atomic mass is 16.2. The molecule has 3 heteroatoms. The van der Waals surface area contributed by atoms with E-state index in [1.807, 2.05) is 48.5 Å². The van der Waals surface area contributed by atoms with Crippen molar-refractivity contribution in [1.82, 2.24) is 4.90 Å². The van der Waals surface area contributed by atoms with Gasteiger partial charge < -0.3 is 0 Å². The Bertz CT molecular complexity index is 946. The fourth-order valence-electron chi connectivity index (χ4n) is 5.38. The number of imide groups is 1. The number of rotatable bonds is 2. The first-order valence-electron chi connectivity index (χ1n) is 9.46. The Morgan fingerprint density at radius 1 is 0.889 bits per heavy atom. The lowest BCUT2D eigenvalue weighted by molar-refractivity contribution is -0.144. The molecule has 0 aromatic heterocycles. The molecule has 3 aliphatic carbocycles. The van der Waals surface area contributed by atoms with Gasteiger partial charge >= 0.3 is 0 Å². The van der Waals surface area contributed by atoms with Crippen LogP contribution < -0.4 is 0 Å². The predicted molar refractivity (Wildman–Crippen MR) is 104 cm³/mol. The normalized spacial score (nSPS) is 33.4. The fraction of sp³-hybridized carbons (Fsp3) is 0.250. The van der Waals surface area contributed by atoms with Gasteiger partial charge in [0.25, 0.3) is 0 Å². The first kappa shape index (κ1) is 16.2. The van der Waals surface area contributed by atoms with Crippen molar-refractivity contribution in [3.63, 3.8) is 0 Å². The van der Waals surface area contributed by atoms with Crippen molar-refractivity contribution >= 4 is 11.8 Å². The van der Waals surface area contributed by atoms with Crippen molar-refractivity contribution in [2.24, 2.45) is 17.3 Å². The summed E-state index contributed by atoms with van der Waals surface area (Å²) in [6.45, 7) is 1.50. The molecule has 1 heterocycles. The van der Waals surface area contributed by atoms with E-state index in [-0.39, 0.29) is 35.6 Å². The van der Waals surface area contributed by atoms with E-state index in [2.05, 4.69) is 36.4 Å². The highest BCUT2D eigenvalue weighted by molar-refractivity contribution is 6.00. The van der Waals surface area contributed by atoms with Gasteiger partial charge in [-0.1, -0.05) is 85.0 Å². The third-order valence-electron chi connectivity index (χ3n) is 6.40. The van der Waals surface area contributed by atoms with Crippen LogP contribution >= 0.6 is 0 Å². The van der Waals surface area contributed by atoms with Crippen LogP contribution in [0, 0.1) is 17.3 Å². The minimum Gasteiger partial charge on any atom is -0.275 e. The molecular formula is C24H21NO2. The molecule has 0 unspecified atom stereocenters. The van der Waals surface area contributed by atoms with Gasteiger partial charge in [-0.25, -0.2) is 0 Å². The second-order valence-electron chi connectivity index (χ2n) is 7.75. The van der Waals surface area contributed by atoms with Crippen LogP contribution in [-0.2, 0) is 9.59 Å². The molecule has 2 amide bonds. The molecule has 4 aliphatic rings. The maximum absolute atomic E-state index is 13.6. The van der Waals surface area contributed by atoms with E-state index in [0.29, 0.717) is 0 Å². The van der Waals surface area contributed by atoms with Crippen LogP contribution in [0.15, 0.2) is 85.0 Å². The summed E-state index contributed by atoms with van der Waals surface area (Å²) in [5.74, 6) is -0.247. The van der Waals surface area contributed by atoms with E-state index in [9.17, 15) is 9.59 Å². The van der Waals surface area contributed by atoms with E-state index in [0.717, 1.165) is 11.1 Å². The zero-order valence-electron chi connectivity index (χ0n) is 15.2. The van der Waals surface area contributed by atoms with Gasteiger partial charge in [-0.3, -0.25) is 14.5 Å². The predicted octanol–water partition coefficient (Wildman–Crippen LogP) is 4.26. The maximum Gasteiger partial charge on any atom is 0.234 e. The Kier molecular flexibility index (Phi) is 3.48. The van der Waals surface area contributed by atoms with E-state index < -0.39 is 5.41 Å². The van der Waals surface area contributed by atoms with Gasteiger partial charge in [0.15, 0.2) is 0 Å². The van der Waals surface area contributed by atoms with Gasteiger partial charge in [-0.2, -0.15) is 0 Å². The third kappa shape index (κ3) is 2.14. The van der Waals surface area contributed by atoms with Crippen molar-refractivity contribution in [2.45, 2.75) is 18.9 Å². The number of carbonyl (C=O) groups is 2. The van der Waals surface area contributed by atoms with E-state index in [1.54, 1.807) is 0 Å². The molecule has 2 bridgehead atoms. The lowest BCUT2D eigenvalue weighted by Crippen LogP contribution is -2.42. The molecule has 1 aliphatic heterocycles. The molecule has 2 aromatic rings. The summed E-state index contributed by atoms with van der Waals surface area (Å²) >= 11 is 0. The van der Waals surface area contributed by atoms with Gasteiger partial charge in [-0.05, 0) is 11.1 Å². The zero-order chi connectivity index (χ0) is 18.6. The average Bonchev–Trinajstić information content (AvgIpc) is 2.98. The van der Waals surface area contributed by atoms with Crippen LogP contribution in [0.25, 0.3) is 0 Å². The van der Waals surface area contributed by atoms with Crippen molar-refractivity contribution in [3.8, 4) is 0 Å². The molecule has 2 aromatic carbocycles. The molecule has 3 nitrogen and oxygen atoms in total. The molecule has 1 saturated heterocycles. The maximum atomic E-state index is 13.6. The molecule has 3 atom stereocenters. The molecule has 134 valence electrons. The number of carbonyl (C=O) groups excluding carboxylic acids is 2. The second-order valence-corrected chi connectivity index (χ2v) is 7.75. The van der Waals surface area contributed by atoms with Gasteiger partial charge in [0.2, 0.25) is 11.8 Å². The van der Waals surface area contributed by atoms with E-state index >= 15 is 0 Å². The Morgan fingerprint density at radius 2 is 1.44 bits per heavy atom. The van der Waals surface area contributed by atoms with Crippen molar-refractivity contribution in [2.75, 3.05) is 0 Å². The summed E-state index contributed by atoms with van der Waals surface area (Å²) in [7, 11) is 0. The molecule has 0 N–H and O–H groups in total. The van der Waals surface area contributed by atoms with Gasteiger partial charge in [0.1, 0.15) is 0 Å². The van der Waals surface area contributed by atoms with E-state index in [4.69, 9.17) is 0 Å². The SMILES string of the molecule is CC(=O)N1C(=O)[C@H]2[C@H](c3ccccc3)C3C=CC2(C=C3)[C@@H]1c1ccccc1. The van der Waals surface area contributed by atoms with Crippen LogP contribution in [0.2, 0.25) is 0 Å². The van der Waals surface area contributed by atoms with Crippen LogP contribution in [0.3, 0.4) is 0 Å². The number of nitrogens with zero attached hydrogens (tertiary/aromatic N) is 1. The van der Waals surface area contributed by atoms with Crippen LogP contribution in [0.1, 0.15) is 30.0 Å². The van der Waals surface area contributed by atoms with Crippen molar-refractivity contribution < 1.29 is 9.59 Å². The third-order valence-corrected chi connectivity index (χ3v) is 6.40. The van der Waals surface area contributed by atoms with Crippen LogP contribution in [0.4, 0.5) is 0 Å². The molecule has 27 heavy (non-hydrogen) atoms.